The van der Waals surface area contributed by atoms with E-state index in [-0.39, 0.29) is 5.91 Å². The number of hydrogen-bond acceptors (Lipinski definition) is 4. The molecule has 1 aliphatic carbocycles. The van der Waals surface area contributed by atoms with Crippen LogP contribution in [0, 0.1) is 0 Å². The van der Waals surface area contributed by atoms with E-state index in [0.717, 1.165) is 38.4 Å². The van der Waals surface area contributed by atoms with E-state index in [4.69, 9.17) is 0 Å². The molecule has 1 heterocycles. The number of anilines is 2. The van der Waals surface area contributed by atoms with E-state index in [9.17, 15) is 4.79 Å². The fraction of sp³-hybridized carbons (Fsp3) is 0.519. The molecule has 32 heavy (non-hydrogen) atoms. The van der Waals surface area contributed by atoms with Crippen molar-refractivity contribution in [2.45, 2.75) is 51.1 Å². The second-order valence-electron chi connectivity index (χ2n) is 9.40. The fourth-order valence-electron chi connectivity index (χ4n) is 5.02. The maximum absolute atomic E-state index is 12.6. The van der Waals surface area contributed by atoms with Gasteiger partial charge in [-0.15, -0.1) is 0 Å². The Balaban J connectivity index is 1.22. The third-order valence-electron chi connectivity index (χ3n) is 6.98. The molecule has 2 fully saturated rings. The standard InChI is InChI=1S/C27H38N4O/c1-29(25-11-7-2-3-8-12-25)22-27(32)28-24-13-15-26(16-14-24)31-19-17-30(18-20-31)21-23-9-5-4-6-10-23/h4-6,9-10,13-16,25H,2-3,7-8,11-12,17-22H2,1H3,(H,28,32). The molecule has 1 N–H and O–H groups in total. The molecule has 2 aromatic rings. The predicted molar refractivity (Wildman–Crippen MR) is 133 cm³/mol. The number of rotatable bonds is 7. The van der Waals surface area contributed by atoms with Crippen LogP contribution in [0.3, 0.4) is 0 Å². The van der Waals surface area contributed by atoms with Crippen molar-refractivity contribution < 1.29 is 4.79 Å². The molecule has 0 bridgehead atoms. The van der Waals surface area contributed by atoms with Crippen LogP contribution in [0.5, 0.6) is 0 Å². The van der Waals surface area contributed by atoms with Crippen LogP contribution in [0.25, 0.3) is 0 Å². The van der Waals surface area contributed by atoms with E-state index in [1.807, 2.05) is 12.1 Å². The van der Waals surface area contributed by atoms with E-state index in [0.29, 0.717) is 12.6 Å². The van der Waals surface area contributed by atoms with Gasteiger partial charge in [0.2, 0.25) is 5.91 Å². The van der Waals surface area contributed by atoms with Gasteiger partial charge in [0.05, 0.1) is 6.54 Å². The Hall–Kier alpha value is -2.37. The Morgan fingerprint density at radius 2 is 1.56 bits per heavy atom. The van der Waals surface area contributed by atoms with E-state index in [1.54, 1.807) is 0 Å². The highest BCUT2D eigenvalue weighted by Gasteiger charge is 2.20. The van der Waals surface area contributed by atoms with Crippen molar-refractivity contribution in [1.29, 1.82) is 0 Å². The summed E-state index contributed by atoms with van der Waals surface area (Å²) in [5, 5.41) is 3.08. The zero-order valence-electron chi connectivity index (χ0n) is 19.5. The van der Waals surface area contributed by atoms with Gasteiger partial charge in [-0.2, -0.15) is 0 Å². The number of likely N-dealkylation sites (N-methyl/N-ethyl adjacent to an activating group) is 1. The number of benzene rings is 2. The first-order valence-corrected chi connectivity index (χ1v) is 12.3. The molecule has 4 rings (SSSR count). The molecule has 2 aliphatic rings. The van der Waals surface area contributed by atoms with Gasteiger partial charge in [0.25, 0.3) is 0 Å². The summed E-state index contributed by atoms with van der Waals surface area (Å²) in [7, 11) is 2.09. The van der Waals surface area contributed by atoms with Crippen LogP contribution < -0.4 is 10.2 Å². The summed E-state index contributed by atoms with van der Waals surface area (Å²) in [6.07, 6.45) is 7.70. The topological polar surface area (TPSA) is 38.8 Å². The molecule has 5 heteroatoms. The summed E-state index contributed by atoms with van der Waals surface area (Å²) in [4.78, 5) is 19.8. The average molecular weight is 435 g/mol. The molecule has 0 aromatic heterocycles. The largest absolute Gasteiger partial charge is 0.369 e. The van der Waals surface area contributed by atoms with Crippen molar-refractivity contribution >= 4 is 17.3 Å². The smallest absolute Gasteiger partial charge is 0.238 e. The molecule has 5 nitrogen and oxygen atoms in total. The first-order chi connectivity index (χ1) is 15.7. The van der Waals surface area contributed by atoms with Crippen molar-refractivity contribution in [3.63, 3.8) is 0 Å². The summed E-state index contributed by atoms with van der Waals surface area (Å²) in [6, 6.07) is 19.6. The highest BCUT2D eigenvalue weighted by Crippen LogP contribution is 2.22. The average Bonchev–Trinajstić information content (AvgIpc) is 3.11. The molecule has 1 saturated heterocycles. The SMILES string of the molecule is CN(CC(=O)Nc1ccc(N2CCN(Cc3ccccc3)CC2)cc1)C1CCCCCC1. The molecule has 172 valence electrons. The lowest BCUT2D eigenvalue weighted by molar-refractivity contribution is -0.117. The summed E-state index contributed by atoms with van der Waals surface area (Å²) in [6.45, 7) is 5.70. The van der Waals surface area contributed by atoms with E-state index in [2.05, 4.69) is 69.5 Å². The highest BCUT2D eigenvalue weighted by atomic mass is 16.2. The van der Waals surface area contributed by atoms with Gasteiger partial charge < -0.3 is 10.2 Å². The minimum Gasteiger partial charge on any atom is -0.369 e. The summed E-state index contributed by atoms with van der Waals surface area (Å²) < 4.78 is 0. The van der Waals surface area contributed by atoms with Crippen LogP contribution in [-0.4, -0.2) is 61.5 Å². The molecule has 0 radical (unpaired) electrons. The van der Waals surface area contributed by atoms with E-state index < -0.39 is 0 Å². The highest BCUT2D eigenvalue weighted by molar-refractivity contribution is 5.92. The molecule has 0 spiro atoms. The van der Waals surface area contributed by atoms with Crippen molar-refractivity contribution in [1.82, 2.24) is 9.80 Å². The zero-order valence-corrected chi connectivity index (χ0v) is 19.5. The van der Waals surface area contributed by atoms with Gasteiger partial charge in [-0.05, 0) is 49.7 Å². The number of nitrogens with one attached hydrogen (secondary N) is 1. The first kappa shape index (κ1) is 22.8. The van der Waals surface area contributed by atoms with Gasteiger partial charge >= 0.3 is 0 Å². The van der Waals surface area contributed by atoms with Crippen LogP contribution in [0.15, 0.2) is 54.6 Å². The van der Waals surface area contributed by atoms with Gasteiger partial charge in [-0.3, -0.25) is 14.6 Å². The van der Waals surface area contributed by atoms with Crippen molar-refractivity contribution in [2.75, 3.05) is 50.0 Å². The lowest BCUT2D eigenvalue weighted by atomic mass is 10.1. The number of nitrogens with zero attached hydrogens (tertiary/aromatic N) is 3. The van der Waals surface area contributed by atoms with Gasteiger partial charge in [-0.25, -0.2) is 0 Å². The lowest BCUT2D eigenvalue weighted by Crippen LogP contribution is -2.45. The number of carbonyl (C=O) groups is 1. The third kappa shape index (κ3) is 6.57. The molecule has 0 atom stereocenters. The minimum absolute atomic E-state index is 0.0824. The maximum Gasteiger partial charge on any atom is 0.238 e. The number of hydrogen-bond donors (Lipinski definition) is 1. The van der Waals surface area contributed by atoms with Crippen molar-refractivity contribution in [3.8, 4) is 0 Å². The molecule has 1 amide bonds. The van der Waals surface area contributed by atoms with Crippen LogP contribution in [0.1, 0.15) is 44.1 Å². The van der Waals surface area contributed by atoms with Gasteiger partial charge in [-0.1, -0.05) is 56.0 Å². The molecule has 2 aromatic carbocycles. The third-order valence-corrected chi connectivity index (χ3v) is 6.98. The Morgan fingerprint density at radius 1 is 0.906 bits per heavy atom. The summed E-state index contributed by atoms with van der Waals surface area (Å²) in [5.74, 6) is 0.0824. The second kappa shape index (κ2) is 11.5. The molecule has 0 unspecified atom stereocenters. The number of amides is 1. The van der Waals surface area contributed by atoms with Gasteiger partial charge in [0.15, 0.2) is 0 Å². The number of piperazine rings is 1. The molecule has 1 saturated carbocycles. The predicted octanol–water partition coefficient (Wildman–Crippen LogP) is 4.60. The van der Waals surface area contributed by atoms with E-state index in [1.165, 1.54) is 49.8 Å². The fourth-order valence-corrected chi connectivity index (χ4v) is 5.02. The maximum atomic E-state index is 12.6. The molecular formula is C27H38N4O. The molecule has 1 aliphatic heterocycles. The van der Waals surface area contributed by atoms with Crippen molar-refractivity contribution in [2.24, 2.45) is 0 Å². The minimum atomic E-state index is 0.0824. The van der Waals surface area contributed by atoms with Gasteiger partial charge in [0, 0.05) is 50.1 Å². The Labute approximate surface area is 193 Å². The quantitative estimate of drug-likeness (QED) is 0.647. The van der Waals surface area contributed by atoms with Crippen LogP contribution >= 0.6 is 0 Å². The van der Waals surface area contributed by atoms with Crippen LogP contribution in [-0.2, 0) is 11.3 Å². The van der Waals surface area contributed by atoms with Crippen LogP contribution in [0.4, 0.5) is 11.4 Å². The normalized spacial score (nSPS) is 18.5. The van der Waals surface area contributed by atoms with E-state index >= 15 is 0 Å². The Kier molecular flexibility index (Phi) is 8.18. The summed E-state index contributed by atoms with van der Waals surface area (Å²) >= 11 is 0. The van der Waals surface area contributed by atoms with Crippen LogP contribution in [0.2, 0.25) is 0 Å². The number of carbonyl (C=O) groups excluding carboxylic acids is 1. The molecular weight excluding hydrogens is 396 g/mol. The van der Waals surface area contributed by atoms with Gasteiger partial charge in [0.1, 0.15) is 0 Å². The zero-order chi connectivity index (χ0) is 22.2. The Morgan fingerprint density at radius 3 is 2.22 bits per heavy atom. The second-order valence-corrected chi connectivity index (χ2v) is 9.40. The monoisotopic (exact) mass is 434 g/mol. The first-order valence-electron chi connectivity index (χ1n) is 12.3. The van der Waals surface area contributed by atoms with Crippen molar-refractivity contribution in [3.05, 3.63) is 60.2 Å². The summed E-state index contributed by atoms with van der Waals surface area (Å²) in [5.41, 5.74) is 3.50. The lowest BCUT2D eigenvalue weighted by Gasteiger charge is -2.36. The Bertz CT molecular complexity index is 822.